The zero-order valence-electron chi connectivity index (χ0n) is 15.7. The molecule has 28 heavy (non-hydrogen) atoms. The molecule has 0 aliphatic carbocycles. The van der Waals surface area contributed by atoms with Crippen molar-refractivity contribution in [2.45, 2.75) is 32.9 Å². The van der Waals surface area contributed by atoms with Crippen LogP contribution in [0, 0.1) is 6.92 Å². The van der Waals surface area contributed by atoms with Crippen LogP contribution in [0.2, 0.25) is 0 Å². The number of carbonyl (C=O) groups is 2. The van der Waals surface area contributed by atoms with E-state index >= 15 is 0 Å². The lowest BCUT2D eigenvalue weighted by Gasteiger charge is -2.17. The summed E-state index contributed by atoms with van der Waals surface area (Å²) in [7, 11) is 0. The molecule has 144 valence electrons. The molecule has 3 rings (SSSR count). The highest BCUT2D eigenvalue weighted by Gasteiger charge is 2.18. The van der Waals surface area contributed by atoms with Gasteiger partial charge in [-0.2, -0.15) is 0 Å². The Labute approximate surface area is 162 Å². The summed E-state index contributed by atoms with van der Waals surface area (Å²) in [5.74, 6) is -0.727. The third-order valence-corrected chi connectivity index (χ3v) is 4.19. The number of aryl methyl sites for hydroxylation is 1. The molecular formula is C21H21N3O4. The van der Waals surface area contributed by atoms with Crippen LogP contribution in [0.25, 0.3) is 5.65 Å². The van der Waals surface area contributed by atoms with E-state index in [4.69, 9.17) is 4.74 Å². The van der Waals surface area contributed by atoms with Crippen molar-refractivity contribution in [1.29, 1.82) is 0 Å². The van der Waals surface area contributed by atoms with Crippen molar-refractivity contribution >= 4 is 17.5 Å². The molecule has 0 unspecified atom stereocenters. The van der Waals surface area contributed by atoms with E-state index in [9.17, 15) is 14.4 Å². The first-order valence-corrected chi connectivity index (χ1v) is 8.89. The van der Waals surface area contributed by atoms with Gasteiger partial charge in [-0.05, 0) is 24.1 Å². The Balaban J connectivity index is 1.69. The molecular weight excluding hydrogens is 358 g/mol. The van der Waals surface area contributed by atoms with Gasteiger partial charge >= 0.3 is 5.97 Å². The molecule has 7 nitrogen and oxygen atoms in total. The Bertz CT molecular complexity index is 1060. The lowest BCUT2D eigenvalue weighted by atomic mass is 10.0. The normalized spacial score (nSPS) is 11.8. The van der Waals surface area contributed by atoms with Gasteiger partial charge in [-0.1, -0.05) is 36.4 Å². The Kier molecular flexibility index (Phi) is 5.84. The molecule has 1 aromatic carbocycles. The fourth-order valence-electron chi connectivity index (χ4n) is 2.90. The van der Waals surface area contributed by atoms with E-state index in [2.05, 4.69) is 10.3 Å². The Morgan fingerprint density at radius 3 is 2.64 bits per heavy atom. The number of hydrogen-bond acceptors (Lipinski definition) is 5. The van der Waals surface area contributed by atoms with Crippen LogP contribution in [0.15, 0.2) is 59.5 Å². The van der Waals surface area contributed by atoms with Crippen molar-refractivity contribution in [2.24, 2.45) is 0 Å². The molecule has 2 heterocycles. The molecule has 0 aliphatic heterocycles. The van der Waals surface area contributed by atoms with Crippen LogP contribution in [-0.2, 0) is 20.9 Å². The first-order valence-electron chi connectivity index (χ1n) is 8.89. The van der Waals surface area contributed by atoms with Gasteiger partial charge in [0.25, 0.3) is 5.56 Å². The van der Waals surface area contributed by atoms with Crippen molar-refractivity contribution in [3.8, 4) is 0 Å². The van der Waals surface area contributed by atoms with Crippen molar-refractivity contribution in [3.63, 3.8) is 0 Å². The number of benzene rings is 1. The van der Waals surface area contributed by atoms with Gasteiger partial charge in [0.1, 0.15) is 12.3 Å². The maximum Gasteiger partial charge on any atom is 0.308 e. The van der Waals surface area contributed by atoms with Crippen LogP contribution in [0.4, 0.5) is 0 Å². The highest BCUT2D eigenvalue weighted by molar-refractivity contribution is 5.76. The van der Waals surface area contributed by atoms with Crippen LogP contribution >= 0.6 is 0 Å². The number of amides is 1. The lowest BCUT2D eigenvalue weighted by molar-refractivity contribution is -0.145. The summed E-state index contributed by atoms with van der Waals surface area (Å²) >= 11 is 0. The Hall–Kier alpha value is -3.48. The molecule has 2 aromatic heterocycles. The number of rotatable bonds is 6. The minimum atomic E-state index is -0.492. The number of hydrogen-bond donors (Lipinski definition) is 1. The van der Waals surface area contributed by atoms with Gasteiger partial charge < -0.3 is 10.1 Å². The highest BCUT2D eigenvalue weighted by atomic mass is 16.5. The fourth-order valence-corrected chi connectivity index (χ4v) is 2.90. The van der Waals surface area contributed by atoms with Gasteiger partial charge in [0.2, 0.25) is 5.91 Å². The molecule has 1 atom stereocenters. The smallest absolute Gasteiger partial charge is 0.308 e. The zero-order chi connectivity index (χ0) is 20.1. The van der Waals surface area contributed by atoms with E-state index in [0.717, 1.165) is 11.1 Å². The summed E-state index contributed by atoms with van der Waals surface area (Å²) in [5.41, 5.74) is 2.38. The number of esters is 1. The second kappa shape index (κ2) is 8.47. The summed E-state index contributed by atoms with van der Waals surface area (Å²) in [5, 5.41) is 2.76. The largest absolute Gasteiger partial charge is 0.459 e. The first-order chi connectivity index (χ1) is 13.4. The molecule has 0 saturated heterocycles. The molecule has 0 aliphatic rings. The Morgan fingerprint density at radius 2 is 1.93 bits per heavy atom. The Morgan fingerprint density at radius 1 is 1.18 bits per heavy atom. The minimum Gasteiger partial charge on any atom is -0.459 e. The average molecular weight is 379 g/mol. The van der Waals surface area contributed by atoms with Crippen LogP contribution in [0.5, 0.6) is 0 Å². The van der Waals surface area contributed by atoms with E-state index in [0.29, 0.717) is 11.3 Å². The summed E-state index contributed by atoms with van der Waals surface area (Å²) < 4.78 is 6.74. The lowest BCUT2D eigenvalue weighted by Crippen LogP contribution is -2.28. The molecule has 0 bridgehead atoms. The van der Waals surface area contributed by atoms with Crippen LogP contribution < -0.4 is 10.9 Å². The molecule has 1 N–H and O–H groups in total. The second-order valence-electron chi connectivity index (χ2n) is 6.55. The predicted octanol–water partition coefficient (Wildman–Crippen LogP) is 2.31. The summed E-state index contributed by atoms with van der Waals surface area (Å²) in [6.45, 7) is 3.18. The molecule has 0 fully saturated rings. The third kappa shape index (κ3) is 4.82. The number of nitrogens with zero attached hydrogens (tertiary/aromatic N) is 2. The monoisotopic (exact) mass is 379 g/mol. The number of aromatic nitrogens is 2. The summed E-state index contributed by atoms with van der Waals surface area (Å²) in [6.07, 6.45) is 1.69. The van der Waals surface area contributed by atoms with E-state index in [1.165, 1.54) is 17.4 Å². The predicted molar refractivity (Wildman–Crippen MR) is 104 cm³/mol. The average Bonchev–Trinajstić information content (AvgIpc) is 2.67. The molecule has 0 spiro atoms. The van der Waals surface area contributed by atoms with Crippen molar-refractivity contribution in [2.75, 3.05) is 0 Å². The number of carbonyl (C=O) groups excluding carboxylic acids is 2. The van der Waals surface area contributed by atoms with Gasteiger partial charge in [0.15, 0.2) is 0 Å². The summed E-state index contributed by atoms with van der Waals surface area (Å²) in [4.78, 5) is 40.3. The van der Waals surface area contributed by atoms with Crippen molar-refractivity contribution < 1.29 is 14.3 Å². The number of nitrogens with one attached hydrogen (secondary N) is 1. The SMILES string of the molecule is CC(=O)N[C@@H](CC(=O)OCc1cc(=O)n2cc(C)ccc2n1)c1ccccc1. The molecule has 0 radical (unpaired) electrons. The van der Waals surface area contributed by atoms with Gasteiger partial charge in [-0.25, -0.2) is 4.98 Å². The third-order valence-electron chi connectivity index (χ3n) is 4.19. The van der Waals surface area contributed by atoms with Gasteiger partial charge in [0, 0.05) is 19.2 Å². The second-order valence-corrected chi connectivity index (χ2v) is 6.55. The van der Waals surface area contributed by atoms with Gasteiger partial charge in [0.05, 0.1) is 18.2 Å². The highest BCUT2D eigenvalue weighted by Crippen LogP contribution is 2.17. The molecule has 0 saturated carbocycles. The fraction of sp³-hybridized carbons (Fsp3) is 0.238. The molecule has 1 amide bonds. The van der Waals surface area contributed by atoms with E-state index < -0.39 is 12.0 Å². The van der Waals surface area contributed by atoms with Gasteiger partial charge in [-0.15, -0.1) is 0 Å². The van der Waals surface area contributed by atoms with E-state index in [1.54, 1.807) is 12.3 Å². The quantitative estimate of drug-likeness (QED) is 0.664. The van der Waals surface area contributed by atoms with Crippen molar-refractivity contribution in [3.05, 3.63) is 81.9 Å². The molecule has 3 aromatic rings. The topological polar surface area (TPSA) is 89.8 Å². The van der Waals surface area contributed by atoms with Crippen LogP contribution in [0.1, 0.15) is 36.2 Å². The van der Waals surface area contributed by atoms with E-state index in [1.807, 2.05) is 43.3 Å². The van der Waals surface area contributed by atoms with Crippen LogP contribution in [0.3, 0.4) is 0 Å². The number of fused-ring (bicyclic) bond motifs is 1. The number of pyridine rings is 1. The molecule has 7 heteroatoms. The van der Waals surface area contributed by atoms with Gasteiger partial charge in [-0.3, -0.25) is 18.8 Å². The van der Waals surface area contributed by atoms with Crippen molar-refractivity contribution in [1.82, 2.24) is 14.7 Å². The zero-order valence-corrected chi connectivity index (χ0v) is 15.7. The minimum absolute atomic E-state index is 0.0185. The standard InChI is InChI=1S/C21H21N3O4/c1-14-8-9-19-23-17(10-20(26)24(19)12-14)13-28-21(27)11-18(22-15(2)25)16-6-4-3-5-7-16/h3-10,12,18H,11,13H2,1-2H3,(H,22,25)/t18-/m0/s1. The van der Waals surface area contributed by atoms with E-state index in [-0.39, 0.29) is 24.5 Å². The maximum atomic E-state index is 12.3. The maximum absolute atomic E-state index is 12.3. The first kappa shape index (κ1) is 19.3. The number of ether oxygens (including phenoxy) is 1. The van der Waals surface area contributed by atoms with Crippen LogP contribution in [-0.4, -0.2) is 21.3 Å². The summed E-state index contributed by atoms with van der Waals surface area (Å²) in [6, 6.07) is 13.7.